The van der Waals surface area contributed by atoms with Crippen LogP contribution in [0, 0.1) is 0 Å². The van der Waals surface area contributed by atoms with Gasteiger partial charge in [-0.05, 0) is 23.7 Å². The van der Waals surface area contributed by atoms with E-state index in [4.69, 9.17) is 5.11 Å². The number of carbonyl (C=O) groups is 2. The van der Waals surface area contributed by atoms with E-state index in [-0.39, 0.29) is 62.9 Å². The first-order valence-corrected chi connectivity index (χ1v) is 4.50. The zero-order chi connectivity index (χ0) is 12.4. The second-order valence-electron chi connectivity index (χ2n) is 3.05. The van der Waals surface area contributed by atoms with Crippen LogP contribution in [-0.2, 0) is 44.8 Å². The van der Waals surface area contributed by atoms with Crippen molar-refractivity contribution in [1.29, 1.82) is 0 Å². The summed E-state index contributed by atoms with van der Waals surface area (Å²) < 4.78 is 0. The van der Waals surface area contributed by atoms with Gasteiger partial charge in [0.15, 0.2) is 0 Å². The van der Waals surface area contributed by atoms with Crippen LogP contribution in [0.2, 0.25) is 0 Å². The van der Waals surface area contributed by atoms with Crippen LogP contribution in [0.3, 0.4) is 0 Å². The number of hydrogen-bond acceptors (Lipinski definition) is 7. The van der Waals surface area contributed by atoms with E-state index in [1.54, 1.807) is 18.2 Å². The van der Waals surface area contributed by atoms with Crippen LogP contribution in [-0.4, -0.2) is 27.0 Å². The van der Waals surface area contributed by atoms with Gasteiger partial charge in [-0.15, -0.1) is 0 Å². The SMILES string of the molecule is N.N.O=C(O)c1nc(-c2ccccn2)[n-]c1C(=O)[O-].[Ag+].[Ag+]. The van der Waals surface area contributed by atoms with Crippen LogP contribution in [0.15, 0.2) is 24.4 Å². The monoisotopic (exact) mass is 479 g/mol. The minimum absolute atomic E-state index is 0. The molecular weight excluding hydrogens is 470 g/mol. The Balaban J connectivity index is -0.000000810. The summed E-state index contributed by atoms with van der Waals surface area (Å²) in [5, 5.41) is 19.4. The van der Waals surface area contributed by atoms with Crippen LogP contribution >= 0.6 is 0 Å². The first-order chi connectivity index (χ1) is 8.09. The molecule has 7 N–H and O–H groups in total. The summed E-state index contributed by atoms with van der Waals surface area (Å²) in [6.45, 7) is 0. The Morgan fingerprint density at radius 1 is 1.19 bits per heavy atom. The summed E-state index contributed by atoms with van der Waals surface area (Å²) in [4.78, 5) is 32.5. The predicted molar refractivity (Wildman–Crippen MR) is 62.1 cm³/mol. The number of carboxylic acids is 2. The van der Waals surface area contributed by atoms with Gasteiger partial charge in [0.1, 0.15) is 0 Å². The van der Waals surface area contributed by atoms with Crippen molar-refractivity contribution in [3.63, 3.8) is 0 Å². The molecule has 2 heterocycles. The maximum absolute atomic E-state index is 10.8. The van der Waals surface area contributed by atoms with Crippen molar-refractivity contribution < 1.29 is 64.6 Å². The first-order valence-electron chi connectivity index (χ1n) is 4.50. The van der Waals surface area contributed by atoms with E-state index in [2.05, 4.69) is 15.0 Å². The summed E-state index contributed by atoms with van der Waals surface area (Å²) in [7, 11) is 0. The Morgan fingerprint density at radius 3 is 2.19 bits per heavy atom. The van der Waals surface area contributed by atoms with Crippen molar-refractivity contribution in [2.24, 2.45) is 0 Å². The Kier molecular flexibility index (Phi) is 12.3. The van der Waals surface area contributed by atoms with Gasteiger partial charge in [-0.2, -0.15) is 0 Å². The molecule has 122 valence electrons. The zero-order valence-corrected chi connectivity index (χ0v) is 13.3. The molecule has 0 aromatic carbocycles. The molecule has 11 heteroatoms. The third kappa shape index (κ3) is 5.53. The van der Waals surface area contributed by atoms with Gasteiger partial charge in [-0.25, -0.2) is 4.79 Å². The van der Waals surface area contributed by atoms with Gasteiger partial charge in [0.05, 0.1) is 17.4 Å². The fourth-order valence-corrected chi connectivity index (χ4v) is 1.24. The molecule has 21 heavy (non-hydrogen) atoms. The van der Waals surface area contributed by atoms with Crippen molar-refractivity contribution in [3.05, 3.63) is 35.8 Å². The fraction of sp³-hybridized carbons (Fsp3) is 0. The van der Waals surface area contributed by atoms with E-state index in [1.165, 1.54) is 6.20 Å². The second kappa shape index (κ2) is 10.4. The van der Waals surface area contributed by atoms with Gasteiger partial charge in [0.25, 0.3) is 0 Å². The first kappa shape index (κ1) is 24.7. The van der Waals surface area contributed by atoms with Gasteiger partial charge in [0, 0.05) is 6.20 Å². The summed E-state index contributed by atoms with van der Waals surface area (Å²) in [5.41, 5.74) is -1.05. The largest absolute Gasteiger partial charge is 1.00 e. The molecule has 0 saturated carbocycles. The van der Waals surface area contributed by atoms with E-state index < -0.39 is 23.3 Å². The van der Waals surface area contributed by atoms with Crippen molar-refractivity contribution >= 4 is 11.9 Å². The molecule has 0 fully saturated rings. The molecule has 0 atom stereocenters. The molecule has 0 spiro atoms. The molecule has 0 radical (unpaired) electrons. The number of pyridine rings is 1. The average Bonchev–Trinajstić information content (AvgIpc) is 2.75. The van der Waals surface area contributed by atoms with E-state index in [9.17, 15) is 14.7 Å². The number of aromatic nitrogens is 3. The molecule has 0 amide bonds. The molecule has 2 rings (SSSR count). The Morgan fingerprint density at radius 2 is 1.81 bits per heavy atom. The van der Waals surface area contributed by atoms with Gasteiger partial charge >= 0.3 is 50.7 Å². The molecular formula is C10H11Ag2N5O4. The minimum atomic E-state index is -1.68. The number of hydrogen-bond donors (Lipinski definition) is 3. The van der Waals surface area contributed by atoms with Crippen LogP contribution in [0.25, 0.3) is 11.5 Å². The molecule has 0 aliphatic heterocycles. The van der Waals surface area contributed by atoms with Gasteiger partial charge in [-0.3, -0.25) is 4.98 Å². The zero-order valence-electron chi connectivity index (χ0n) is 10.3. The summed E-state index contributed by atoms with van der Waals surface area (Å²) in [6.07, 6.45) is 1.46. The van der Waals surface area contributed by atoms with Crippen LogP contribution < -0.4 is 22.4 Å². The Labute approximate surface area is 150 Å². The summed E-state index contributed by atoms with van der Waals surface area (Å²) in [6, 6.07) is 4.85. The normalized spacial score (nSPS) is 8.19. The number of imidazole rings is 1. The third-order valence-corrected chi connectivity index (χ3v) is 1.95. The van der Waals surface area contributed by atoms with Crippen molar-refractivity contribution in [1.82, 2.24) is 27.3 Å². The topological polar surface area (TPSA) is 187 Å². The minimum Gasteiger partial charge on any atom is -0.545 e. The standard InChI is InChI=1S/C10H7N3O4.2Ag.2H3N/c14-9(15)6-7(10(16)17)13-8(12-6)5-3-1-2-4-11-5;;;;/h1-4H,(H3,11,12,13,14,15,16,17);;;2*1H3/q;2*+1;;/p-2. The fourth-order valence-electron chi connectivity index (χ4n) is 1.24. The Hall–Kier alpha value is -1.30. The number of carboxylic acid groups (broad SMARTS) is 2. The molecule has 0 bridgehead atoms. The summed E-state index contributed by atoms with van der Waals surface area (Å²) in [5.74, 6) is -3.21. The smallest absolute Gasteiger partial charge is 0.545 e. The molecule has 0 saturated heterocycles. The molecule has 2 aromatic heterocycles. The second-order valence-corrected chi connectivity index (χ2v) is 3.05. The predicted octanol–water partition coefficient (Wildman–Crippen LogP) is -0.518. The maximum atomic E-state index is 10.8. The van der Waals surface area contributed by atoms with Crippen molar-refractivity contribution in [2.45, 2.75) is 0 Å². The number of nitrogens with zero attached hydrogens (tertiary/aromatic N) is 3. The molecule has 9 nitrogen and oxygen atoms in total. The van der Waals surface area contributed by atoms with E-state index >= 15 is 0 Å². The van der Waals surface area contributed by atoms with E-state index in [1.807, 2.05) is 0 Å². The quantitative estimate of drug-likeness (QED) is 0.485. The molecule has 2 aromatic rings. The van der Waals surface area contributed by atoms with E-state index in [0.717, 1.165) is 0 Å². The third-order valence-electron chi connectivity index (χ3n) is 1.95. The van der Waals surface area contributed by atoms with Crippen LogP contribution in [0.1, 0.15) is 21.0 Å². The molecule has 0 unspecified atom stereocenters. The Bertz CT molecular complexity index is 559. The number of aromatic carboxylic acids is 2. The van der Waals surface area contributed by atoms with Crippen LogP contribution in [0.4, 0.5) is 0 Å². The molecule has 0 aliphatic carbocycles. The maximum Gasteiger partial charge on any atom is 1.00 e. The van der Waals surface area contributed by atoms with Gasteiger partial charge < -0.3 is 37.3 Å². The van der Waals surface area contributed by atoms with Crippen LogP contribution in [0.5, 0.6) is 0 Å². The number of carbonyl (C=O) groups excluding carboxylic acids is 1. The van der Waals surface area contributed by atoms with E-state index in [0.29, 0.717) is 5.69 Å². The van der Waals surface area contributed by atoms with Gasteiger partial charge in [-0.1, -0.05) is 6.07 Å². The van der Waals surface area contributed by atoms with Gasteiger partial charge in [0.2, 0.25) is 0 Å². The molecule has 0 aliphatic rings. The van der Waals surface area contributed by atoms with Crippen molar-refractivity contribution in [3.8, 4) is 11.5 Å². The average molecular weight is 481 g/mol. The van der Waals surface area contributed by atoms with Crippen molar-refractivity contribution in [2.75, 3.05) is 0 Å². The summed E-state index contributed by atoms with van der Waals surface area (Å²) >= 11 is 0. The number of rotatable bonds is 3.